The standard InChI is InChI=1S/C15H15N3O2/c1-15(2,3)20-14(19)18-12-7-10-5-4-6-11(8-16)13(10)17-9-12/h4-7,9H,1-3H3,(H,18,19). The van der Waals surface area contributed by atoms with Crippen molar-refractivity contribution in [2.24, 2.45) is 0 Å². The van der Waals surface area contributed by atoms with Gasteiger partial charge in [0.25, 0.3) is 0 Å². The van der Waals surface area contributed by atoms with Crippen LogP contribution in [0.25, 0.3) is 10.9 Å². The average Bonchev–Trinajstić information content (AvgIpc) is 2.35. The number of ether oxygens (including phenoxy) is 1. The second kappa shape index (κ2) is 5.17. The van der Waals surface area contributed by atoms with Crippen molar-refractivity contribution in [3.05, 3.63) is 36.0 Å². The summed E-state index contributed by atoms with van der Waals surface area (Å²) in [7, 11) is 0. The summed E-state index contributed by atoms with van der Waals surface area (Å²) in [5, 5.41) is 12.4. The van der Waals surface area contributed by atoms with E-state index in [1.807, 2.05) is 6.07 Å². The highest BCUT2D eigenvalue weighted by molar-refractivity contribution is 5.91. The molecule has 1 aromatic heterocycles. The monoisotopic (exact) mass is 269 g/mol. The van der Waals surface area contributed by atoms with Gasteiger partial charge >= 0.3 is 6.09 Å². The maximum absolute atomic E-state index is 11.7. The van der Waals surface area contributed by atoms with Crippen LogP contribution in [0.1, 0.15) is 26.3 Å². The maximum atomic E-state index is 11.7. The third kappa shape index (κ3) is 3.23. The predicted octanol–water partition coefficient (Wildman–Crippen LogP) is 3.45. The van der Waals surface area contributed by atoms with Gasteiger partial charge in [0.2, 0.25) is 0 Å². The fourth-order valence-electron chi connectivity index (χ4n) is 1.74. The molecule has 0 fully saturated rings. The van der Waals surface area contributed by atoms with E-state index in [2.05, 4.69) is 16.4 Å². The first-order valence-electron chi connectivity index (χ1n) is 6.18. The van der Waals surface area contributed by atoms with Gasteiger partial charge in [-0.05, 0) is 32.9 Å². The Hall–Kier alpha value is -2.61. The Labute approximate surface area is 117 Å². The second-order valence-corrected chi connectivity index (χ2v) is 5.34. The topological polar surface area (TPSA) is 75.0 Å². The summed E-state index contributed by atoms with van der Waals surface area (Å²) < 4.78 is 5.17. The normalized spacial score (nSPS) is 10.9. The molecule has 0 unspecified atom stereocenters. The van der Waals surface area contributed by atoms with Crippen LogP contribution in [0.2, 0.25) is 0 Å². The van der Waals surface area contributed by atoms with Gasteiger partial charge in [0.15, 0.2) is 0 Å². The van der Waals surface area contributed by atoms with Crippen molar-refractivity contribution < 1.29 is 9.53 Å². The van der Waals surface area contributed by atoms with Crippen molar-refractivity contribution in [2.75, 3.05) is 5.32 Å². The largest absolute Gasteiger partial charge is 0.444 e. The number of para-hydroxylation sites is 1. The van der Waals surface area contributed by atoms with E-state index in [0.717, 1.165) is 5.39 Å². The number of rotatable bonds is 1. The van der Waals surface area contributed by atoms with Crippen LogP contribution in [0, 0.1) is 11.3 Å². The number of fused-ring (bicyclic) bond motifs is 1. The number of hydrogen-bond donors (Lipinski definition) is 1. The third-order valence-corrected chi connectivity index (χ3v) is 2.48. The van der Waals surface area contributed by atoms with Gasteiger partial charge in [-0.2, -0.15) is 5.26 Å². The zero-order chi connectivity index (χ0) is 14.8. The molecule has 0 spiro atoms. The van der Waals surface area contributed by atoms with E-state index in [9.17, 15) is 4.79 Å². The molecule has 0 aliphatic heterocycles. The van der Waals surface area contributed by atoms with E-state index in [4.69, 9.17) is 10.00 Å². The summed E-state index contributed by atoms with van der Waals surface area (Å²) in [5.41, 5.74) is 1.10. The Morgan fingerprint density at radius 1 is 1.40 bits per heavy atom. The highest BCUT2D eigenvalue weighted by Gasteiger charge is 2.16. The first kappa shape index (κ1) is 13.8. The number of anilines is 1. The fraction of sp³-hybridized carbons (Fsp3) is 0.267. The number of amides is 1. The van der Waals surface area contributed by atoms with Gasteiger partial charge in [0.1, 0.15) is 11.7 Å². The Kier molecular flexibility index (Phi) is 3.57. The fourth-order valence-corrected chi connectivity index (χ4v) is 1.74. The molecule has 20 heavy (non-hydrogen) atoms. The third-order valence-electron chi connectivity index (χ3n) is 2.48. The summed E-state index contributed by atoms with van der Waals surface area (Å²) >= 11 is 0. The quantitative estimate of drug-likeness (QED) is 0.860. The van der Waals surface area contributed by atoms with Gasteiger partial charge in [0.05, 0.1) is 23.0 Å². The molecule has 5 heteroatoms. The molecule has 0 bridgehead atoms. The Morgan fingerprint density at radius 3 is 2.80 bits per heavy atom. The Bertz CT molecular complexity index is 696. The van der Waals surface area contributed by atoms with E-state index >= 15 is 0 Å². The van der Waals surface area contributed by atoms with E-state index in [0.29, 0.717) is 16.8 Å². The van der Waals surface area contributed by atoms with Crippen LogP contribution in [0.5, 0.6) is 0 Å². The summed E-state index contributed by atoms with van der Waals surface area (Å²) in [6.45, 7) is 5.39. The number of carbonyl (C=O) groups is 1. The summed E-state index contributed by atoms with van der Waals surface area (Å²) in [4.78, 5) is 15.9. The van der Waals surface area contributed by atoms with E-state index in [1.165, 1.54) is 6.20 Å². The maximum Gasteiger partial charge on any atom is 0.412 e. The average molecular weight is 269 g/mol. The first-order valence-corrected chi connectivity index (χ1v) is 6.18. The van der Waals surface area contributed by atoms with Crippen LogP contribution < -0.4 is 5.32 Å². The zero-order valence-corrected chi connectivity index (χ0v) is 11.6. The molecule has 0 saturated carbocycles. The van der Waals surface area contributed by atoms with E-state index in [-0.39, 0.29) is 0 Å². The molecule has 2 rings (SSSR count). The lowest BCUT2D eigenvalue weighted by molar-refractivity contribution is 0.0636. The molecule has 1 N–H and O–H groups in total. The smallest absolute Gasteiger partial charge is 0.412 e. The number of aromatic nitrogens is 1. The van der Waals surface area contributed by atoms with Crippen molar-refractivity contribution in [1.82, 2.24) is 4.98 Å². The molecule has 1 heterocycles. The lowest BCUT2D eigenvalue weighted by Gasteiger charge is -2.19. The Morgan fingerprint density at radius 2 is 2.15 bits per heavy atom. The molecule has 0 saturated heterocycles. The minimum absolute atomic E-state index is 0.506. The lowest BCUT2D eigenvalue weighted by Crippen LogP contribution is -2.27. The van der Waals surface area contributed by atoms with Crippen molar-refractivity contribution in [2.45, 2.75) is 26.4 Å². The van der Waals surface area contributed by atoms with Gasteiger partial charge in [-0.15, -0.1) is 0 Å². The van der Waals surface area contributed by atoms with Crippen molar-refractivity contribution in [3.8, 4) is 6.07 Å². The molecule has 102 valence electrons. The van der Waals surface area contributed by atoms with Crippen LogP contribution >= 0.6 is 0 Å². The first-order chi connectivity index (χ1) is 9.39. The second-order valence-electron chi connectivity index (χ2n) is 5.34. The van der Waals surface area contributed by atoms with Crippen molar-refractivity contribution in [3.63, 3.8) is 0 Å². The van der Waals surface area contributed by atoms with Gasteiger partial charge < -0.3 is 4.74 Å². The number of pyridine rings is 1. The number of nitrogens with one attached hydrogen (secondary N) is 1. The molecule has 5 nitrogen and oxygen atoms in total. The lowest BCUT2D eigenvalue weighted by atomic mass is 10.1. The van der Waals surface area contributed by atoms with Crippen LogP contribution in [0.15, 0.2) is 30.5 Å². The van der Waals surface area contributed by atoms with Crippen molar-refractivity contribution >= 4 is 22.7 Å². The van der Waals surface area contributed by atoms with Crippen LogP contribution in [0.4, 0.5) is 10.5 Å². The summed E-state index contributed by atoms with van der Waals surface area (Å²) in [5.74, 6) is 0. The van der Waals surface area contributed by atoms with Crippen molar-refractivity contribution in [1.29, 1.82) is 5.26 Å². The molecule has 1 amide bonds. The van der Waals surface area contributed by atoms with E-state index in [1.54, 1.807) is 39.0 Å². The number of nitriles is 1. The number of nitrogens with zero attached hydrogens (tertiary/aromatic N) is 2. The number of carbonyl (C=O) groups excluding carboxylic acids is 1. The van der Waals surface area contributed by atoms with Gasteiger partial charge in [-0.1, -0.05) is 12.1 Å². The van der Waals surface area contributed by atoms with E-state index < -0.39 is 11.7 Å². The van der Waals surface area contributed by atoms with Crippen LogP contribution in [0.3, 0.4) is 0 Å². The predicted molar refractivity (Wildman–Crippen MR) is 76.3 cm³/mol. The summed E-state index contributed by atoms with van der Waals surface area (Å²) in [6.07, 6.45) is 0.975. The van der Waals surface area contributed by atoms with Gasteiger partial charge in [0, 0.05) is 5.39 Å². The molecule has 2 aromatic rings. The molecule has 0 radical (unpaired) electrons. The highest BCUT2D eigenvalue weighted by atomic mass is 16.6. The molecule has 0 atom stereocenters. The van der Waals surface area contributed by atoms with Crippen LogP contribution in [-0.4, -0.2) is 16.7 Å². The summed E-state index contributed by atoms with van der Waals surface area (Å²) in [6, 6.07) is 9.16. The molecule has 0 aliphatic carbocycles. The number of hydrogen-bond acceptors (Lipinski definition) is 4. The highest BCUT2D eigenvalue weighted by Crippen LogP contribution is 2.20. The number of benzene rings is 1. The minimum Gasteiger partial charge on any atom is -0.444 e. The molecule has 0 aliphatic rings. The van der Waals surface area contributed by atoms with Gasteiger partial charge in [-0.3, -0.25) is 10.3 Å². The molecule has 1 aromatic carbocycles. The Balaban J connectivity index is 2.25. The molecular weight excluding hydrogens is 254 g/mol. The zero-order valence-electron chi connectivity index (χ0n) is 11.6. The minimum atomic E-state index is -0.553. The SMILES string of the molecule is CC(C)(C)OC(=O)Nc1cnc2c(C#N)cccc2c1. The van der Waals surface area contributed by atoms with Gasteiger partial charge in [-0.25, -0.2) is 4.79 Å². The van der Waals surface area contributed by atoms with Crippen LogP contribution in [-0.2, 0) is 4.74 Å². The molecular formula is C15H15N3O2.